The highest BCUT2D eigenvalue weighted by atomic mass is 16.5. The summed E-state index contributed by atoms with van der Waals surface area (Å²) in [5.41, 5.74) is -0.681. The van der Waals surface area contributed by atoms with Crippen LogP contribution in [-0.4, -0.2) is 102 Å². The molecule has 4 rings (SSSR count). The summed E-state index contributed by atoms with van der Waals surface area (Å²) in [6.07, 6.45) is 14.7. The van der Waals surface area contributed by atoms with E-state index in [0.29, 0.717) is 38.8 Å². The number of urea groups is 1. The average Bonchev–Trinajstić information content (AvgIpc) is 3.59. The van der Waals surface area contributed by atoms with Gasteiger partial charge in [0.25, 0.3) is 0 Å². The summed E-state index contributed by atoms with van der Waals surface area (Å²) in [4.78, 5) is 72.1. The molecule has 1 aliphatic carbocycles. The molecule has 4 N–H and O–H groups in total. The number of terminal acetylenes is 1. The highest BCUT2D eigenvalue weighted by Gasteiger charge is 2.56. The fourth-order valence-electron chi connectivity index (χ4n) is 8.27. The van der Waals surface area contributed by atoms with Crippen molar-refractivity contribution in [1.82, 2.24) is 31.1 Å². The third-order valence-corrected chi connectivity index (χ3v) is 11.2. The van der Waals surface area contributed by atoms with Crippen molar-refractivity contribution in [3.63, 3.8) is 0 Å². The SMILES string of the molecule is C#CCCC(NC(=O)[C@@H]1[C@H]2CC(C)(C)O[C@H]2CN1C(=O)[C@@H](NC(=O)N[C@H](CN1CCCCC1=O)C(C)(C)C)C1CCCCC1)C(=C)C(=O)NCC=C. The summed E-state index contributed by atoms with van der Waals surface area (Å²) in [6, 6.07) is -3.33. The van der Waals surface area contributed by atoms with Gasteiger partial charge in [-0.2, -0.15) is 0 Å². The Bertz CT molecular complexity index is 1390. The quantitative estimate of drug-likeness (QED) is 0.122. The number of nitrogens with zero attached hydrogens (tertiary/aromatic N) is 2. The first-order valence-corrected chi connectivity index (χ1v) is 19.2. The Balaban J connectivity index is 1.59. The van der Waals surface area contributed by atoms with Gasteiger partial charge in [0.15, 0.2) is 0 Å². The van der Waals surface area contributed by atoms with Crippen LogP contribution in [-0.2, 0) is 23.9 Å². The van der Waals surface area contributed by atoms with Crippen molar-refractivity contribution in [1.29, 1.82) is 0 Å². The summed E-state index contributed by atoms with van der Waals surface area (Å²) < 4.78 is 6.39. The van der Waals surface area contributed by atoms with E-state index < -0.39 is 41.6 Å². The molecule has 12 heteroatoms. The molecule has 1 unspecified atom stereocenters. The van der Waals surface area contributed by atoms with E-state index in [1.807, 2.05) is 39.5 Å². The normalized spacial score (nSPS) is 24.8. The summed E-state index contributed by atoms with van der Waals surface area (Å²) in [7, 11) is 0. The standard InChI is InChI=1S/C40H62N6O6/c1-9-11-19-29(26(3)35(48)41-21-10-2)42-36(49)34-28-23-40(7,8)52-30(28)24-46(34)37(50)33(27-17-13-12-14-18-27)44-38(51)43-31(39(4,5)6)25-45-22-16-15-20-32(45)47/h1,10,27-31,33-34H,2-3,11-25H2,4-8H3,(H,41,48)(H,42,49)(H2,43,44,51)/t28-,29?,30-,31+,33-,34-/m0/s1. The molecule has 0 radical (unpaired) electrons. The minimum absolute atomic E-state index is 0.0924. The van der Waals surface area contributed by atoms with Gasteiger partial charge in [-0.15, -0.1) is 18.9 Å². The zero-order valence-electron chi connectivity index (χ0n) is 32.1. The second kappa shape index (κ2) is 17.8. The van der Waals surface area contributed by atoms with Crippen molar-refractivity contribution in [3.05, 3.63) is 24.8 Å². The highest BCUT2D eigenvalue weighted by Crippen LogP contribution is 2.43. The Morgan fingerprint density at radius 1 is 1.08 bits per heavy atom. The van der Waals surface area contributed by atoms with E-state index in [1.165, 1.54) is 0 Å². The van der Waals surface area contributed by atoms with Crippen molar-refractivity contribution < 1.29 is 28.7 Å². The first-order chi connectivity index (χ1) is 24.6. The van der Waals surface area contributed by atoms with Crippen LogP contribution in [0.2, 0.25) is 0 Å². The van der Waals surface area contributed by atoms with E-state index in [2.05, 4.69) is 40.3 Å². The highest BCUT2D eigenvalue weighted by molar-refractivity contribution is 5.96. The van der Waals surface area contributed by atoms with Gasteiger partial charge < -0.3 is 35.8 Å². The van der Waals surface area contributed by atoms with Crippen molar-refractivity contribution in [3.8, 4) is 12.3 Å². The Labute approximate surface area is 310 Å². The van der Waals surface area contributed by atoms with Gasteiger partial charge in [-0.3, -0.25) is 19.2 Å². The van der Waals surface area contributed by atoms with Crippen molar-refractivity contribution in [2.45, 2.75) is 141 Å². The van der Waals surface area contributed by atoms with Crippen LogP contribution < -0.4 is 21.3 Å². The van der Waals surface area contributed by atoms with Gasteiger partial charge in [0.1, 0.15) is 12.1 Å². The summed E-state index contributed by atoms with van der Waals surface area (Å²) in [6.45, 7) is 19.1. The summed E-state index contributed by atoms with van der Waals surface area (Å²) in [5, 5.41) is 11.9. The first-order valence-electron chi connectivity index (χ1n) is 19.2. The monoisotopic (exact) mass is 722 g/mol. The number of nitrogens with one attached hydrogen (secondary N) is 4. The lowest BCUT2D eigenvalue weighted by atomic mass is 9.83. The van der Waals surface area contributed by atoms with Gasteiger partial charge in [0.2, 0.25) is 23.6 Å². The van der Waals surface area contributed by atoms with Crippen LogP contribution >= 0.6 is 0 Å². The molecule has 6 atom stereocenters. The van der Waals surface area contributed by atoms with Gasteiger partial charge in [-0.1, -0.05) is 52.7 Å². The molecule has 3 aliphatic heterocycles. The maximum absolute atomic E-state index is 14.8. The predicted molar refractivity (Wildman–Crippen MR) is 201 cm³/mol. The number of ether oxygens (including phenoxy) is 1. The predicted octanol–water partition coefficient (Wildman–Crippen LogP) is 3.81. The Morgan fingerprint density at radius 2 is 1.79 bits per heavy atom. The zero-order valence-corrected chi connectivity index (χ0v) is 32.1. The van der Waals surface area contributed by atoms with Gasteiger partial charge >= 0.3 is 6.03 Å². The lowest BCUT2D eigenvalue weighted by Crippen LogP contribution is -2.61. The number of piperidine rings is 1. The molecule has 3 heterocycles. The number of rotatable bonds is 14. The molecular formula is C40H62N6O6. The van der Waals surface area contributed by atoms with Crippen LogP contribution in [0.5, 0.6) is 0 Å². The summed E-state index contributed by atoms with van der Waals surface area (Å²) in [5.74, 6) is 1.12. The van der Waals surface area contributed by atoms with Gasteiger partial charge in [-0.05, 0) is 63.7 Å². The molecule has 4 aliphatic rings. The minimum atomic E-state index is -0.889. The summed E-state index contributed by atoms with van der Waals surface area (Å²) >= 11 is 0. The third-order valence-electron chi connectivity index (χ3n) is 11.2. The molecule has 3 saturated heterocycles. The molecule has 1 saturated carbocycles. The minimum Gasteiger partial charge on any atom is -0.370 e. The van der Waals surface area contributed by atoms with Crippen LogP contribution in [0.1, 0.15) is 105 Å². The molecule has 52 heavy (non-hydrogen) atoms. The van der Waals surface area contributed by atoms with E-state index >= 15 is 0 Å². The number of fused-ring (bicyclic) bond motifs is 1. The van der Waals surface area contributed by atoms with E-state index in [4.69, 9.17) is 11.2 Å². The molecule has 288 valence electrons. The smallest absolute Gasteiger partial charge is 0.315 e. The molecule has 12 nitrogen and oxygen atoms in total. The fourth-order valence-corrected chi connectivity index (χ4v) is 8.27. The zero-order chi connectivity index (χ0) is 38.2. The van der Waals surface area contributed by atoms with Crippen LogP contribution in [0.4, 0.5) is 4.79 Å². The molecular weight excluding hydrogens is 660 g/mol. The molecule has 4 fully saturated rings. The van der Waals surface area contributed by atoms with Crippen LogP contribution in [0, 0.1) is 29.6 Å². The molecule has 0 aromatic heterocycles. The third kappa shape index (κ3) is 10.4. The molecule has 0 spiro atoms. The number of likely N-dealkylation sites (tertiary alicyclic amines) is 2. The second-order valence-electron chi connectivity index (χ2n) is 16.8. The second-order valence-corrected chi connectivity index (χ2v) is 16.8. The lowest BCUT2D eigenvalue weighted by Gasteiger charge is -2.39. The number of hydrogen-bond acceptors (Lipinski definition) is 6. The van der Waals surface area contributed by atoms with Crippen molar-refractivity contribution in [2.24, 2.45) is 17.3 Å². The van der Waals surface area contributed by atoms with E-state index in [9.17, 15) is 24.0 Å². The van der Waals surface area contributed by atoms with Crippen molar-refractivity contribution in [2.75, 3.05) is 26.2 Å². The molecule has 0 bridgehead atoms. The van der Waals surface area contributed by atoms with E-state index in [0.717, 1.165) is 44.9 Å². The average molecular weight is 723 g/mol. The van der Waals surface area contributed by atoms with Gasteiger partial charge in [0.05, 0.1) is 23.8 Å². The number of carbonyl (C=O) groups excluding carboxylic acids is 5. The Morgan fingerprint density at radius 3 is 2.42 bits per heavy atom. The van der Waals surface area contributed by atoms with Gasteiger partial charge in [0, 0.05) is 50.5 Å². The Kier molecular flexibility index (Phi) is 14.0. The largest absolute Gasteiger partial charge is 0.370 e. The maximum atomic E-state index is 14.8. The fraction of sp³-hybridized carbons (Fsp3) is 0.725. The van der Waals surface area contributed by atoms with Crippen LogP contribution in [0.3, 0.4) is 0 Å². The van der Waals surface area contributed by atoms with Crippen LogP contribution in [0.15, 0.2) is 24.8 Å². The molecule has 6 amide bonds. The first kappa shape index (κ1) is 40.9. The molecule has 0 aromatic carbocycles. The lowest BCUT2D eigenvalue weighted by molar-refractivity contribution is -0.143. The van der Waals surface area contributed by atoms with E-state index in [1.54, 1.807) is 11.0 Å². The number of carbonyl (C=O) groups is 5. The van der Waals surface area contributed by atoms with Crippen LogP contribution in [0.25, 0.3) is 0 Å². The maximum Gasteiger partial charge on any atom is 0.315 e. The van der Waals surface area contributed by atoms with Crippen molar-refractivity contribution >= 4 is 29.7 Å². The van der Waals surface area contributed by atoms with E-state index in [-0.39, 0.29) is 59.9 Å². The number of amides is 6. The van der Waals surface area contributed by atoms with Gasteiger partial charge in [-0.25, -0.2) is 4.79 Å². The Hall–Kier alpha value is -3.85. The molecule has 0 aromatic rings. The number of hydrogen-bond donors (Lipinski definition) is 4. The topological polar surface area (TPSA) is 149 Å².